The summed E-state index contributed by atoms with van der Waals surface area (Å²) in [6.45, 7) is 27.0. The lowest BCUT2D eigenvalue weighted by molar-refractivity contribution is 0.446. The highest BCUT2D eigenvalue weighted by atomic mass is 28.3. The highest BCUT2D eigenvalue weighted by Gasteiger charge is 2.28. The Morgan fingerprint density at radius 2 is 1.25 bits per heavy atom. The van der Waals surface area contributed by atoms with Crippen LogP contribution in [-0.2, 0) is 23.3 Å². The molecule has 0 aliphatic heterocycles. The van der Waals surface area contributed by atoms with Crippen molar-refractivity contribution in [3.63, 3.8) is 0 Å². The molecular formula is C45H54N4OSi. The molecule has 3 aromatic carbocycles. The first-order chi connectivity index (χ1) is 23.6. The van der Waals surface area contributed by atoms with Gasteiger partial charge in [0.2, 0.25) is 0 Å². The zero-order chi connectivity index (χ0) is 37.3. The number of aromatic nitrogens is 4. The molecule has 0 aliphatic carbocycles. The number of aromatic hydroxyl groups is 1. The van der Waals surface area contributed by atoms with Crippen molar-refractivity contribution in [2.24, 2.45) is 7.05 Å². The summed E-state index contributed by atoms with van der Waals surface area (Å²) in [5.74, 6) is 0.969. The van der Waals surface area contributed by atoms with Crippen LogP contribution in [-0.4, -0.2) is 32.7 Å². The topological polar surface area (TPSA) is 63.8 Å². The maximum absolute atomic E-state index is 11.8. The molecular weight excluding hydrogens is 641 g/mol. The van der Waals surface area contributed by atoms with Gasteiger partial charge in [-0.05, 0) is 79.6 Å². The van der Waals surface area contributed by atoms with Gasteiger partial charge < -0.3 is 9.67 Å². The zero-order valence-electron chi connectivity index (χ0n) is 32.8. The maximum Gasteiger partial charge on any atom is 0.160 e. The Kier molecular flexibility index (Phi) is 8.95. The third kappa shape index (κ3) is 7.03. The minimum absolute atomic E-state index is 0.102. The first-order valence-corrected chi connectivity index (χ1v) is 21.6. The van der Waals surface area contributed by atoms with E-state index in [1.165, 1.54) is 21.9 Å². The summed E-state index contributed by atoms with van der Waals surface area (Å²) in [6, 6.07) is 26.1. The van der Waals surface area contributed by atoms with E-state index in [-0.39, 0.29) is 22.0 Å². The number of rotatable bonds is 5. The van der Waals surface area contributed by atoms with E-state index in [1.807, 2.05) is 17.8 Å². The van der Waals surface area contributed by atoms with E-state index in [4.69, 9.17) is 15.0 Å². The average molecular weight is 695 g/mol. The van der Waals surface area contributed by atoms with E-state index in [2.05, 4.69) is 161 Å². The lowest BCUT2D eigenvalue weighted by atomic mass is 9.79. The molecule has 264 valence electrons. The Labute approximate surface area is 305 Å². The van der Waals surface area contributed by atoms with Gasteiger partial charge >= 0.3 is 0 Å². The molecule has 0 atom stereocenters. The standard InChI is InChI=1S/C45H54N4OSi/c1-43(2,3)31-22-29(21-30(23-31)37-26-34(28-17-15-14-16-18-28)38(27-47-37)51(11,12)13)33-19-20-46-42-39(33)48-41(49(42)10)35-24-32(44(4,5)6)25-36(40(35)50)45(7,8)9/h14-27,50H,1-13H3. The Balaban J connectivity index is 1.59. The SMILES string of the molecule is Cn1c(-c2cc(C(C)(C)C)cc(C(C)(C)C)c2O)nc2c(-c3cc(-c4cc(-c5ccccc5)c([Si](C)(C)C)cn4)cc(C(C)(C)C)c3)ccnc21. The van der Waals surface area contributed by atoms with Gasteiger partial charge in [-0.15, -0.1) is 0 Å². The number of hydrogen-bond acceptors (Lipinski definition) is 4. The van der Waals surface area contributed by atoms with Crippen molar-refractivity contribution in [1.82, 2.24) is 19.5 Å². The molecule has 0 saturated heterocycles. The van der Waals surface area contributed by atoms with Crippen LogP contribution in [0.5, 0.6) is 5.75 Å². The van der Waals surface area contributed by atoms with Crippen molar-refractivity contribution in [1.29, 1.82) is 0 Å². The summed E-state index contributed by atoms with van der Waals surface area (Å²) in [7, 11) is 0.313. The Hall–Kier alpha value is -4.55. The van der Waals surface area contributed by atoms with Crippen LogP contribution in [0.1, 0.15) is 79.0 Å². The fraction of sp³-hybridized carbons (Fsp3) is 0.356. The van der Waals surface area contributed by atoms with Crippen LogP contribution in [0.3, 0.4) is 0 Å². The molecule has 0 aliphatic rings. The number of nitrogens with zero attached hydrogens (tertiary/aromatic N) is 4. The second kappa shape index (κ2) is 12.6. The number of benzene rings is 3. The second-order valence-corrected chi connectivity index (χ2v) is 23.3. The van der Waals surface area contributed by atoms with Gasteiger partial charge in [0.15, 0.2) is 5.65 Å². The predicted molar refractivity (Wildman–Crippen MR) is 219 cm³/mol. The monoisotopic (exact) mass is 694 g/mol. The molecule has 0 saturated carbocycles. The van der Waals surface area contributed by atoms with Crippen LogP contribution >= 0.6 is 0 Å². The van der Waals surface area contributed by atoms with Crippen LogP contribution < -0.4 is 5.19 Å². The lowest BCUT2D eigenvalue weighted by Gasteiger charge is -2.27. The molecule has 6 heteroatoms. The van der Waals surface area contributed by atoms with Gasteiger partial charge in [-0.3, -0.25) is 4.98 Å². The van der Waals surface area contributed by atoms with E-state index < -0.39 is 8.07 Å². The first-order valence-electron chi connectivity index (χ1n) is 18.1. The number of aryl methyl sites for hydroxylation is 1. The van der Waals surface area contributed by atoms with Gasteiger partial charge in [-0.25, -0.2) is 9.97 Å². The van der Waals surface area contributed by atoms with Gasteiger partial charge in [-0.1, -0.05) is 124 Å². The highest BCUT2D eigenvalue weighted by Crippen LogP contribution is 2.43. The van der Waals surface area contributed by atoms with E-state index in [9.17, 15) is 5.11 Å². The first kappa shape index (κ1) is 36.2. The second-order valence-electron chi connectivity index (χ2n) is 18.2. The molecule has 0 radical (unpaired) electrons. The molecule has 51 heavy (non-hydrogen) atoms. The summed E-state index contributed by atoms with van der Waals surface area (Å²) in [4.78, 5) is 15.2. The third-order valence-electron chi connectivity index (χ3n) is 9.99. The van der Waals surface area contributed by atoms with Gasteiger partial charge in [-0.2, -0.15) is 0 Å². The van der Waals surface area contributed by atoms with Crippen molar-refractivity contribution in [3.05, 3.63) is 102 Å². The minimum Gasteiger partial charge on any atom is -0.507 e. The predicted octanol–water partition coefficient (Wildman–Crippen LogP) is 11.2. The Bertz CT molecular complexity index is 2260. The van der Waals surface area contributed by atoms with E-state index >= 15 is 0 Å². The molecule has 5 nitrogen and oxygen atoms in total. The summed E-state index contributed by atoms with van der Waals surface area (Å²) >= 11 is 0. The summed E-state index contributed by atoms with van der Waals surface area (Å²) in [6.07, 6.45) is 3.99. The Morgan fingerprint density at radius 3 is 1.86 bits per heavy atom. The quantitative estimate of drug-likeness (QED) is 0.182. The minimum atomic E-state index is -1.68. The number of imidazole rings is 1. The van der Waals surface area contributed by atoms with Crippen molar-refractivity contribution >= 4 is 24.4 Å². The van der Waals surface area contributed by atoms with Crippen molar-refractivity contribution in [3.8, 4) is 50.6 Å². The summed E-state index contributed by atoms with van der Waals surface area (Å²) < 4.78 is 2.02. The number of pyridine rings is 2. The normalized spacial score (nSPS) is 12.9. The lowest BCUT2D eigenvalue weighted by Crippen LogP contribution is -2.39. The third-order valence-corrected chi connectivity index (χ3v) is 12.0. The van der Waals surface area contributed by atoms with Crippen LogP contribution in [0.15, 0.2) is 85.2 Å². The molecule has 3 heterocycles. The van der Waals surface area contributed by atoms with Crippen molar-refractivity contribution in [2.45, 2.75) is 98.2 Å². The van der Waals surface area contributed by atoms with E-state index in [0.29, 0.717) is 5.82 Å². The largest absolute Gasteiger partial charge is 0.507 e. The smallest absolute Gasteiger partial charge is 0.160 e. The average Bonchev–Trinajstić information content (AvgIpc) is 3.38. The molecule has 0 spiro atoms. The molecule has 0 fully saturated rings. The molecule has 6 aromatic rings. The molecule has 1 N–H and O–H groups in total. The van der Waals surface area contributed by atoms with Gasteiger partial charge in [0.25, 0.3) is 0 Å². The van der Waals surface area contributed by atoms with Crippen molar-refractivity contribution < 1.29 is 5.11 Å². The van der Waals surface area contributed by atoms with Gasteiger partial charge in [0.05, 0.1) is 19.3 Å². The van der Waals surface area contributed by atoms with E-state index in [1.54, 1.807) is 0 Å². The fourth-order valence-corrected chi connectivity index (χ4v) is 8.27. The molecule has 0 unspecified atom stereocenters. The molecule has 3 aromatic heterocycles. The Morgan fingerprint density at radius 1 is 0.627 bits per heavy atom. The number of hydrogen-bond donors (Lipinski definition) is 1. The van der Waals surface area contributed by atoms with Crippen LogP contribution in [0.2, 0.25) is 19.6 Å². The fourth-order valence-electron chi connectivity index (χ4n) is 6.79. The van der Waals surface area contributed by atoms with Crippen LogP contribution in [0, 0.1) is 0 Å². The van der Waals surface area contributed by atoms with Crippen LogP contribution in [0.25, 0.3) is 56.1 Å². The molecule has 0 amide bonds. The van der Waals surface area contributed by atoms with Gasteiger partial charge in [0, 0.05) is 36.1 Å². The zero-order valence-corrected chi connectivity index (χ0v) is 33.8. The van der Waals surface area contributed by atoms with Gasteiger partial charge in [0.1, 0.15) is 17.1 Å². The number of phenolic OH excluding ortho intramolecular Hbond substituents is 1. The van der Waals surface area contributed by atoms with Crippen LogP contribution in [0.4, 0.5) is 0 Å². The summed E-state index contributed by atoms with van der Waals surface area (Å²) in [5.41, 5.74) is 11.7. The number of phenols is 1. The maximum atomic E-state index is 11.8. The number of fused-ring (bicyclic) bond motifs is 1. The van der Waals surface area contributed by atoms with E-state index in [0.717, 1.165) is 50.2 Å². The molecule has 0 bridgehead atoms. The highest BCUT2D eigenvalue weighted by molar-refractivity contribution is 6.89. The molecule has 6 rings (SSSR count). The van der Waals surface area contributed by atoms with Crippen molar-refractivity contribution in [2.75, 3.05) is 0 Å². The summed E-state index contributed by atoms with van der Waals surface area (Å²) in [5, 5.41) is 13.1.